The Bertz CT molecular complexity index is 1890. The maximum Gasteiger partial charge on any atom is 0.490 e. The number of fused-ring (bicyclic) bond motifs is 2. The van der Waals surface area contributed by atoms with Crippen LogP contribution in [0.15, 0.2) is 60.7 Å². The van der Waals surface area contributed by atoms with Crippen LogP contribution in [0.5, 0.6) is 5.75 Å². The van der Waals surface area contributed by atoms with Crippen molar-refractivity contribution in [2.75, 3.05) is 30.3 Å². The highest BCUT2D eigenvalue weighted by atomic mass is 19.4. The van der Waals surface area contributed by atoms with Gasteiger partial charge in [0.25, 0.3) is 17.7 Å². The lowest BCUT2D eigenvalue weighted by Crippen LogP contribution is -2.33. The van der Waals surface area contributed by atoms with Crippen molar-refractivity contribution < 1.29 is 65.3 Å². The van der Waals surface area contributed by atoms with E-state index < -0.39 is 24.3 Å². The summed E-state index contributed by atoms with van der Waals surface area (Å²) in [5.41, 5.74) is 11.6. The zero-order chi connectivity index (χ0) is 41.9. The van der Waals surface area contributed by atoms with Crippen LogP contribution in [0.3, 0.4) is 0 Å². The van der Waals surface area contributed by atoms with Gasteiger partial charge < -0.3 is 36.2 Å². The van der Waals surface area contributed by atoms with Gasteiger partial charge in [0.2, 0.25) is 0 Å². The fourth-order valence-corrected chi connectivity index (χ4v) is 5.82. The van der Waals surface area contributed by atoms with Crippen molar-refractivity contribution in [3.8, 4) is 5.75 Å². The molecular formula is C38H41F6N5O8. The molecule has 0 atom stereocenters. The van der Waals surface area contributed by atoms with Crippen molar-refractivity contribution in [2.24, 2.45) is 5.73 Å². The van der Waals surface area contributed by atoms with Crippen LogP contribution >= 0.6 is 0 Å². The number of hydrogen-bond donors (Lipinski definition) is 5. The lowest BCUT2D eigenvalue weighted by Gasteiger charge is -2.24. The summed E-state index contributed by atoms with van der Waals surface area (Å²) in [4.78, 5) is 60.2. The molecule has 0 radical (unpaired) electrons. The molecule has 1 aliphatic carbocycles. The average Bonchev–Trinajstić information content (AvgIpc) is 3.92. The maximum absolute atomic E-state index is 13.5. The summed E-state index contributed by atoms with van der Waals surface area (Å²) in [7, 11) is 0. The lowest BCUT2D eigenvalue weighted by atomic mass is 10.1. The Morgan fingerprint density at radius 1 is 0.825 bits per heavy atom. The number of rotatable bonds is 12. The van der Waals surface area contributed by atoms with E-state index in [-0.39, 0.29) is 30.4 Å². The first-order chi connectivity index (χ1) is 26.8. The van der Waals surface area contributed by atoms with Crippen molar-refractivity contribution in [3.63, 3.8) is 0 Å². The Morgan fingerprint density at radius 3 is 2.02 bits per heavy atom. The van der Waals surface area contributed by atoms with Crippen LogP contribution in [0.25, 0.3) is 0 Å². The molecule has 19 heteroatoms. The molecule has 6 N–H and O–H groups in total. The Morgan fingerprint density at radius 2 is 1.42 bits per heavy atom. The fraction of sp³-hybridized carbons (Fsp3) is 0.395. The van der Waals surface area contributed by atoms with E-state index in [4.69, 9.17) is 30.3 Å². The molecular weight excluding hydrogens is 768 g/mol. The number of carboxylic acid groups (broad SMARTS) is 2. The second-order valence-electron chi connectivity index (χ2n) is 13.4. The van der Waals surface area contributed by atoms with Crippen molar-refractivity contribution in [3.05, 3.63) is 88.5 Å². The number of nitrogens with zero attached hydrogens (tertiary/aromatic N) is 2. The second kappa shape index (κ2) is 19.4. The number of hydrogen-bond acceptors (Lipinski definition) is 8. The highest BCUT2D eigenvalue weighted by molar-refractivity contribution is 6.04. The van der Waals surface area contributed by atoms with Gasteiger partial charge in [0.1, 0.15) is 5.75 Å². The van der Waals surface area contributed by atoms with Crippen LogP contribution in [0, 0.1) is 0 Å². The third-order valence-corrected chi connectivity index (χ3v) is 8.84. The summed E-state index contributed by atoms with van der Waals surface area (Å²) < 4.78 is 69.0. The number of carboxylic acids is 2. The molecule has 3 amide bonds. The van der Waals surface area contributed by atoms with Gasteiger partial charge in [0.15, 0.2) is 6.61 Å². The smallest absolute Gasteiger partial charge is 0.482 e. The largest absolute Gasteiger partial charge is 0.490 e. The molecule has 0 aromatic heterocycles. The molecule has 1 fully saturated rings. The van der Waals surface area contributed by atoms with Crippen LogP contribution in [0.1, 0.15) is 75.9 Å². The summed E-state index contributed by atoms with van der Waals surface area (Å²) >= 11 is 0. The number of amides is 3. The molecule has 0 saturated heterocycles. The molecule has 0 unspecified atom stereocenters. The number of alkyl halides is 6. The fourth-order valence-electron chi connectivity index (χ4n) is 5.82. The molecule has 308 valence electrons. The van der Waals surface area contributed by atoms with E-state index in [1.54, 1.807) is 18.2 Å². The summed E-state index contributed by atoms with van der Waals surface area (Å²) in [6.45, 7) is 4.12. The first-order valence-corrected chi connectivity index (χ1v) is 17.8. The highest BCUT2D eigenvalue weighted by Gasteiger charge is 2.39. The summed E-state index contributed by atoms with van der Waals surface area (Å²) in [6, 6.07) is 19.0. The molecule has 2 aliphatic heterocycles. The Labute approximate surface area is 322 Å². The highest BCUT2D eigenvalue weighted by Crippen LogP contribution is 2.33. The van der Waals surface area contributed by atoms with Gasteiger partial charge in [-0.3, -0.25) is 19.3 Å². The molecule has 13 nitrogen and oxygen atoms in total. The predicted molar refractivity (Wildman–Crippen MR) is 193 cm³/mol. The van der Waals surface area contributed by atoms with E-state index in [2.05, 4.69) is 27.7 Å². The van der Waals surface area contributed by atoms with Gasteiger partial charge in [-0.15, -0.1) is 0 Å². The van der Waals surface area contributed by atoms with E-state index in [1.165, 1.54) is 30.4 Å². The summed E-state index contributed by atoms with van der Waals surface area (Å²) in [5, 5.41) is 20.1. The number of ether oxygens (including phenoxy) is 1. The number of halogens is 6. The van der Waals surface area contributed by atoms with E-state index in [0.717, 1.165) is 56.7 Å². The molecule has 3 aromatic rings. The molecule has 3 aromatic carbocycles. The molecule has 0 spiro atoms. The van der Waals surface area contributed by atoms with Gasteiger partial charge in [-0.25, -0.2) is 9.59 Å². The van der Waals surface area contributed by atoms with E-state index in [9.17, 15) is 40.7 Å². The van der Waals surface area contributed by atoms with Crippen molar-refractivity contribution >= 4 is 41.0 Å². The number of carbonyl (C=O) groups excluding carboxylic acids is 3. The topological polar surface area (TPSA) is 192 Å². The minimum atomic E-state index is -5.08. The van der Waals surface area contributed by atoms with E-state index in [0.29, 0.717) is 29.1 Å². The van der Waals surface area contributed by atoms with Crippen LogP contribution in [0.4, 0.5) is 37.7 Å². The monoisotopic (exact) mass is 809 g/mol. The van der Waals surface area contributed by atoms with Gasteiger partial charge >= 0.3 is 24.3 Å². The molecule has 2 heterocycles. The standard InChI is InChI=1S/C34H39N5O4.2C2HF3O2/c35-15-3-1-2-4-16-38-20-26-9-11-28(17-27(26)21-38)36-33(41)24-7-5-23(6-8-24)19-39(29-12-13-29)34(42)25-10-14-30-31(18-25)43-22-32(40)37-30;2*3-2(4,5)1(6)7/h5-11,14,17-18,29H,1-4,12-13,15-16,19-22,35H2,(H,36,41)(H,37,40);2*(H,6,7). The minimum absolute atomic E-state index is 0.0573. The maximum atomic E-state index is 13.5. The molecule has 6 rings (SSSR count). The first-order valence-electron chi connectivity index (χ1n) is 17.8. The normalized spacial score (nSPS) is 14.6. The molecule has 3 aliphatic rings. The van der Waals surface area contributed by atoms with Crippen molar-refractivity contribution in [1.82, 2.24) is 9.80 Å². The van der Waals surface area contributed by atoms with Crippen LogP contribution in [-0.2, 0) is 34.0 Å². The number of carbonyl (C=O) groups is 5. The molecule has 57 heavy (non-hydrogen) atoms. The number of nitrogens with one attached hydrogen (secondary N) is 2. The van der Waals surface area contributed by atoms with Gasteiger partial charge in [-0.1, -0.05) is 31.0 Å². The number of nitrogens with two attached hydrogens (primary N) is 1. The Hall–Kier alpha value is -5.69. The second-order valence-corrected chi connectivity index (χ2v) is 13.4. The quantitative estimate of drug-likeness (QED) is 0.104. The number of benzene rings is 3. The number of aliphatic carboxylic acids is 2. The summed E-state index contributed by atoms with van der Waals surface area (Å²) in [6.07, 6.45) is -3.54. The third kappa shape index (κ3) is 13.5. The van der Waals surface area contributed by atoms with Crippen LogP contribution < -0.4 is 21.1 Å². The predicted octanol–water partition coefficient (Wildman–Crippen LogP) is 6.18. The van der Waals surface area contributed by atoms with Gasteiger partial charge in [-0.2, -0.15) is 26.3 Å². The number of unbranched alkanes of at least 4 members (excludes halogenated alkanes) is 3. The van der Waals surface area contributed by atoms with Gasteiger partial charge in [0.05, 0.1) is 5.69 Å². The van der Waals surface area contributed by atoms with Crippen LogP contribution in [-0.4, -0.2) is 87.8 Å². The summed E-state index contributed by atoms with van der Waals surface area (Å²) in [5.74, 6) is -5.44. The molecule has 0 bridgehead atoms. The third-order valence-electron chi connectivity index (χ3n) is 8.84. The van der Waals surface area contributed by atoms with E-state index >= 15 is 0 Å². The number of anilines is 2. The van der Waals surface area contributed by atoms with Crippen molar-refractivity contribution in [1.29, 1.82) is 0 Å². The van der Waals surface area contributed by atoms with Gasteiger partial charge in [-0.05, 0) is 97.9 Å². The Balaban J connectivity index is 0.000000440. The van der Waals surface area contributed by atoms with E-state index in [1.807, 2.05) is 35.2 Å². The lowest BCUT2D eigenvalue weighted by molar-refractivity contribution is -0.193. The zero-order valence-electron chi connectivity index (χ0n) is 30.4. The Kier molecular flexibility index (Phi) is 15.0. The average molecular weight is 810 g/mol. The van der Waals surface area contributed by atoms with Gasteiger partial charge in [0, 0.05) is 42.5 Å². The SMILES string of the molecule is NCCCCCCN1Cc2ccc(NC(=O)c3ccc(CN(C(=O)c4ccc5c(c4)OCC(=O)N5)C4CC4)cc3)cc2C1.O=C(O)C(F)(F)F.O=C(O)C(F)(F)F. The van der Waals surface area contributed by atoms with Crippen LogP contribution in [0.2, 0.25) is 0 Å². The van der Waals surface area contributed by atoms with Crippen molar-refractivity contribution in [2.45, 2.75) is 76.6 Å². The molecule has 1 saturated carbocycles. The zero-order valence-corrected chi connectivity index (χ0v) is 30.4. The minimum Gasteiger partial charge on any atom is -0.482 e. The first kappa shape index (κ1) is 44.0.